The van der Waals surface area contributed by atoms with E-state index in [1.54, 1.807) is 14.2 Å². The number of aryl methyl sites for hydroxylation is 2. The third kappa shape index (κ3) is 3.83. The monoisotopic (exact) mass is 366 g/mol. The van der Waals surface area contributed by atoms with Crippen molar-refractivity contribution < 1.29 is 9.47 Å². The SMILES string of the molecule is CCCCc1ccc2c(c1)C(COC)(COC)c1cc(CCCC)ccc1-2. The molecule has 0 heterocycles. The molecule has 0 bridgehead atoms. The zero-order valence-corrected chi connectivity index (χ0v) is 17.4. The molecule has 2 heteroatoms. The highest BCUT2D eigenvalue weighted by Gasteiger charge is 2.43. The standard InChI is InChI=1S/C25H34O2/c1-5-7-9-19-11-13-21-22-14-12-20(10-8-6-2)16-24(22)25(17-26-3,18-27-4)23(21)15-19/h11-16H,5-10,17-18H2,1-4H3. The average molecular weight is 367 g/mol. The Labute approximate surface area is 164 Å². The maximum absolute atomic E-state index is 5.76. The number of benzene rings is 2. The molecule has 0 saturated heterocycles. The fourth-order valence-corrected chi connectivity index (χ4v) is 4.51. The summed E-state index contributed by atoms with van der Waals surface area (Å²) in [6.45, 7) is 5.80. The van der Waals surface area contributed by atoms with E-state index < -0.39 is 0 Å². The molecule has 0 unspecified atom stereocenters. The molecule has 0 aliphatic heterocycles. The second kappa shape index (κ2) is 9.03. The molecule has 0 fully saturated rings. The molecule has 2 nitrogen and oxygen atoms in total. The number of unbranched alkanes of at least 4 members (excludes halogenated alkanes) is 2. The lowest BCUT2D eigenvalue weighted by Gasteiger charge is -2.31. The fourth-order valence-electron chi connectivity index (χ4n) is 4.51. The van der Waals surface area contributed by atoms with Crippen LogP contribution in [-0.2, 0) is 27.7 Å². The van der Waals surface area contributed by atoms with Crippen molar-refractivity contribution in [2.75, 3.05) is 27.4 Å². The van der Waals surface area contributed by atoms with Crippen LogP contribution in [0.5, 0.6) is 0 Å². The van der Waals surface area contributed by atoms with E-state index in [0.29, 0.717) is 13.2 Å². The summed E-state index contributed by atoms with van der Waals surface area (Å²) in [5, 5.41) is 0. The van der Waals surface area contributed by atoms with Gasteiger partial charge in [-0.1, -0.05) is 63.1 Å². The van der Waals surface area contributed by atoms with E-state index in [0.717, 1.165) is 12.8 Å². The fraction of sp³-hybridized carbons (Fsp3) is 0.520. The molecule has 2 aromatic rings. The predicted molar refractivity (Wildman–Crippen MR) is 114 cm³/mol. The van der Waals surface area contributed by atoms with Crippen LogP contribution in [0.25, 0.3) is 11.1 Å². The van der Waals surface area contributed by atoms with Gasteiger partial charge in [0, 0.05) is 14.2 Å². The van der Waals surface area contributed by atoms with Gasteiger partial charge in [0.05, 0.1) is 18.6 Å². The van der Waals surface area contributed by atoms with Crippen molar-refractivity contribution in [1.29, 1.82) is 0 Å². The van der Waals surface area contributed by atoms with Crippen LogP contribution < -0.4 is 0 Å². The van der Waals surface area contributed by atoms with Gasteiger partial charge in [-0.05, 0) is 59.1 Å². The van der Waals surface area contributed by atoms with E-state index in [1.807, 2.05) is 0 Å². The van der Waals surface area contributed by atoms with Crippen molar-refractivity contribution in [3.05, 3.63) is 58.7 Å². The van der Waals surface area contributed by atoms with Crippen LogP contribution in [0.15, 0.2) is 36.4 Å². The molecular weight excluding hydrogens is 332 g/mol. The Kier molecular flexibility index (Phi) is 6.73. The van der Waals surface area contributed by atoms with Crippen molar-refractivity contribution in [2.24, 2.45) is 0 Å². The molecule has 0 atom stereocenters. The molecule has 0 saturated carbocycles. The van der Waals surface area contributed by atoms with Gasteiger partial charge in [-0.25, -0.2) is 0 Å². The third-order valence-corrected chi connectivity index (χ3v) is 5.91. The number of hydrogen-bond donors (Lipinski definition) is 0. The Morgan fingerprint density at radius 3 is 1.52 bits per heavy atom. The average Bonchev–Trinajstić information content (AvgIpc) is 2.94. The van der Waals surface area contributed by atoms with Crippen LogP contribution in [0, 0.1) is 0 Å². The van der Waals surface area contributed by atoms with Crippen LogP contribution in [0.4, 0.5) is 0 Å². The summed E-state index contributed by atoms with van der Waals surface area (Å²) in [5.41, 5.74) is 8.09. The molecule has 27 heavy (non-hydrogen) atoms. The summed E-state index contributed by atoms with van der Waals surface area (Å²) in [4.78, 5) is 0. The summed E-state index contributed by atoms with van der Waals surface area (Å²) in [6.07, 6.45) is 7.18. The maximum Gasteiger partial charge on any atom is 0.0681 e. The molecule has 0 spiro atoms. The molecule has 0 aromatic heterocycles. The summed E-state index contributed by atoms with van der Waals surface area (Å²) >= 11 is 0. The van der Waals surface area contributed by atoms with Crippen LogP contribution in [0.1, 0.15) is 61.8 Å². The van der Waals surface area contributed by atoms with Crippen molar-refractivity contribution >= 4 is 0 Å². The molecule has 0 amide bonds. The molecule has 1 aliphatic carbocycles. The molecule has 3 rings (SSSR count). The first kappa shape index (κ1) is 20.1. The predicted octanol–water partition coefficient (Wildman–Crippen LogP) is 5.93. The van der Waals surface area contributed by atoms with E-state index in [4.69, 9.17) is 9.47 Å². The van der Waals surface area contributed by atoms with Gasteiger partial charge in [0.25, 0.3) is 0 Å². The first-order valence-electron chi connectivity index (χ1n) is 10.4. The lowest BCUT2D eigenvalue weighted by atomic mass is 9.78. The highest BCUT2D eigenvalue weighted by molar-refractivity contribution is 5.82. The lowest BCUT2D eigenvalue weighted by Crippen LogP contribution is -2.36. The van der Waals surface area contributed by atoms with Crippen molar-refractivity contribution in [1.82, 2.24) is 0 Å². The van der Waals surface area contributed by atoms with Gasteiger partial charge in [0.15, 0.2) is 0 Å². The molecule has 0 radical (unpaired) electrons. The Bertz CT molecular complexity index is 697. The maximum atomic E-state index is 5.76. The molecule has 2 aromatic carbocycles. The molecular formula is C25H34O2. The zero-order valence-electron chi connectivity index (χ0n) is 17.4. The zero-order chi connectivity index (χ0) is 19.3. The van der Waals surface area contributed by atoms with Crippen LogP contribution in [0.2, 0.25) is 0 Å². The smallest absolute Gasteiger partial charge is 0.0681 e. The highest BCUT2D eigenvalue weighted by atomic mass is 16.5. The van der Waals surface area contributed by atoms with Gasteiger partial charge >= 0.3 is 0 Å². The topological polar surface area (TPSA) is 18.5 Å². The van der Waals surface area contributed by atoms with Gasteiger partial charge in [0.2, 0.25) is 0 Å². The van der Waals surface area contributed by atoms with Gasteiger partial charge < -0.3 is 9.47 Å². The van der Waals surface area contributed by atoms with Crippen LogP contribution in [0.3, 0.4) is 0 Å². The lowest BCUT2D eigenvalue weighted by molar-refractivity contribution is 0.0814. The summed E-state index contributed by atoms with van der Waals surface area (Å²) in [7, 11) is 3.61. The molecule has 1 aliphatic rings. The minimum absolute atomic E-state index is 0.210. The second-order valence-corrected chi connectivity index (χ2v) is 7.92. The molecule has 146 valence electrons. The van der Waals surface area contributed by atoms with Crippen LogP contribution >= 0.6 is 0 Å². The first-order chi connectivity index (χ1) is 13.2. The van der Waals surface area contributed by atoms with Gasteiger partial charge in [0.1, 0.15) is 0 Å². The Morgan fingerprint density at radius 1 is 0.704 bits per heavy atom. The van der Waals surface area contributed by atoms with Gasteiger partial charge in [-0.15, -0.1) is 0 Å². The van der Waals surface area contributed by atoms with E-state index in [9.17, 15) is 0 Å². The van der Waals surface area contributed by atoms with E-state index in [-0.39, 0.29) is 5.41 Å². The first-order valence-corrected chi connectivity index (χ1v) is 10.4. The van der Waals surface area contributed by atoms with E-state index in [1.165, 1.54) is 59.1 Å². The van der Waals surface area contributed by atoms with Crippen molar-refractivity contribution in [3.8, 4) is 11.1 Å². The number of methoxy groups -OCH3 is 2. The van der Waals surface area contributed by atoms with Crippen molar-refractivity contribution in [2.45, 2.75) is 57.8 Å². The quantitative estimate of drug-likeness (QED) is 0.519. The van der Waals surface area contributed by atoms with Crippen molar-refractivity contribution in [3.63, 3.8) is 0 Å². The number of rotatable bonds is 10. The normalized spacial score (nSPS) is 14.2. The van der Waals surface area contributed by atoms with Gasteiger partial charge in [-0.3, -0.25) is 0 Å². The minimum atomic E-state index is -0.210. The van der Waals surface area contributed by atoms with Crippen LogP contribution in [-0.4, -0.2) is 27.4 Å². The molecule has 0 N–H and O–H groups in total. The summed E-state index contributed by atoms with van der Waals surface area (Å²) in [5.74, 6) is 0. The number of fused-ring (bicyclic) bond motifs is 3. The Morgan fingerprint density at radius 2 is 1.15 bits per heavy atom. The third-order valence-electron chi connectivity index (χ3n) is 5.91. The summed E-state index contributed by atoms with van der Waals surface area (Å²) < 4.78 is 11.5. The largest absolute Gasteiger partial charge is 0.383 e. The highest BCUT2D eigenvalue weighted by Crippen LogP contribution is 2.50. The van der Waals surface area contributed by atoms with E-state index >= 15 is 0 Å². The number of hydrogen-bond acceptors (Lipinski definition) is 2. The Balaban J connectivity index is 2.12. The summed E-state index contributed by atoms with van der Waals surface area (Å²) in [6, 6.07) is 14.1. The Hall–Kier alpha value is -1.64. The van der Waals surface area contributed by atoms with Gasteiger partial charge in [-0.2, -0.15) is 0 Å². The van der Waals surface area contributed by atoms with E-state index in [2.05, 4.69) is 50.2 Å². The number of ether oxygens (including phenoxy) is 2. The second-order valence-electron chi connectivity index (χ2n) is 7.92. The minimum Gasteiger partial charge on any atom is -0.383 e.